The molecule has 26 heavy (non-hydrogen) atoms. The number of hydrogen-bond donors (Lipinski definition) is 1. The molecule has 1 aliphatic heterocycles. The number of methoxy groups -OCH3 is 1. The Morgan fingerprint density at radius 3 is 2.62 bits per heavy atom. The summed E-state index contributed by atoms with van der Waals surface area (Å²) in [4.78, 5) is 13.2. The van der Waals surface area contributed by atoms with Crippen LogP contribution in [-0.2, 0) is 4.79 Å². The molecule has 0 radical (unpaired) electrons. The van der Waals surface area contributed by atoms with Crippen LogP contribution in [0.4, 0.5) is 0 Å². The van der Waals surface area contributed by atoms with E-state index in [1.54, 1.807) is 13.2 Å². The van der Waals surface area contributed by atoms with Crippen molar-refractivity contribution >= 4 is 12.0 Å². The molecule has 1 aromatic carbocycles. The lowest BCUT2D eigenvalue weighted by molar-refractivity contribution is -0.131. The SMILES string of the molecule is COc1cc(/C=C/C(=O)O)ccc1OCCCCCCN1CCCCC1. The summed E-state index contributed by atoms with van der Waals surface area (Å²) in [5.41, 5.74) is 0.773. The van der Waals surface area contributed by atoms with Crippen LogP contribution in [0.15, 0.2) is 24.3 Å². The van der Waals surface area contributed by atoms with Gasteiger partial charge in [-0.05, 0) is 69.1 Å². The maximum Gasteiger partial charge on any atom is 0.328 e. The molecule has 0 bridgehead atoms. The first kappa shape index (κ1) is 20.3. The summed E-state index contributed by atoms with van der Waals surface area (Å²) in [6.45, 7) is 4.46. The molecule has 0 aliphatic carbocycles. The lowest BCUT2D eigenvalue weighted by atomic mass is 10.1. The maximum atomic E-state index is 10.6. The summed E-state index contributed by atoms with van der Waals surface area (Å²) in [6.07, 6.45) is 11.5. The molecule has 144 valence electrons. The average molecular weight is 361 g/mol. The molecule has 1 aliphatic rings. The largest absolute Gasteiger partial charge is 0.493 e. The fourth-order valence-electron chi connectivity index (χ4n) is 3.23. The third-order valence-corrected chi connectivity index (χ3v) is 4.68. The minimum absolute atomic E-state index is 0.627. The number of hydrogen-bond acceptors (Lipinski definition) is 4. The minimum Gasteiger partial charge on any atom is -0.493 e. The second-order valence-corrected chi connectivity index (χ2v) is 6.75. The molecular formula is C21H31NO4. The number of nitrogens with zero attached hydrogens (tertiary/aromatic N) is 1. The first-order chi connectivity index (χ1) is 12.7. The lowest BCUT2D eigenvalue weighted by Gasteiger charge is -2.26. The predicted molar refractivity (Wildman–Crippen MR) is 104 cm³/mol. The Morgan fingerprint density at radius 2 is 1.88 bits per heavy atom. The van der Waals surface area contributed by atoms with Crippen LogP contribution >= 0.6 is 0 Å². The van der Waals surface area contributed by atoms with E-state index < -0.39 is 5.97 Å². The van der Waals surface area contributed by atoms with E-state index in [0.29, 0.717) is 18.1 Å². The molecule has 1 heterocycles. The number of ether oxygens (including phenoxy) is 2. The van der Waals surface area contributed by atoms with Gasteiger partial charge in [-0.15, -0.1) is 0 Å². The predicted octanol–water partition coefficient (Wildman–Crippen LogP) is 4.22. The van der Waals surface area contributed by atoms with Crippen LogP contribution in [0.3, 0.4) is 0 Å². The summed E-state index contributed by atoms with van der Waals surface area (Å²) in [5, 5.41) is 8.69. The highest BCUT2D eigenvalue weighted by molar-refractivity contribution is 5.85. The molecule has 0 saturated carbocycles. The van der Waals surface area contributed by atoms with Crippen LogP contribution in [0.25, 0.3) is 6.08 Å². The van der Waals surface area contributed by atoms with Crippen molar-refractivity contribution in [1.82, 2.24) is 4.90 Å². The summed E-state index contributed by atoms with van der Waals surface area (Å²) in [7, 11) is 1.59. The van der Waals surface area contributed by atoms with Crippen molar-refractivity contribution in [3.05, 3.63) is 29.8 Å². The van der Waals surface area contributed by atoms with Gasteiger partial charge in [0.25, 0.3) is 0 Å². The molecular weight excluding hydrogens is 330 g/mol. The average Bonchev–Trinajstić information content (AvgIpc) is 2.66. The minimum atomic E-state index is -0.968. The highest BCUT2D eigenvalue weighted by Gasteiger charge is 2.09. The molecule has 0 spiro atoms. The number of carboxylic acids is 1. The van der Waals surface area contributed by atoms with Gasteiger partial charge in [0.2, 0.25) is 0 Å². The fourth-order valence-corrected chi connectivity index (χ4v) is 3.23. The van der Waals surface area contributed by atoms with E-state index in [1.165, 1.54) is 64.2 Å². The quantitative estimate of drug-likeness (QED) is 0.472. The van der Waals surface area contributed by atoms with Crippen molar-refractivity contribution < 1.29 is 19.4 Å². The molecule has 1 saturated heterocycles. The van der Waals surface area contributed by atoms with Gasteiger partial charge < -0.3 is 19.5 Å². The van der Waals surface area contributed by atoms with E-state index >= 15 is 0 Å². The van der Waals surface area contributed by atoms with E-state index in [1.807, 2.05) is 12.1 Å². The molecule has 5 heteroatoms. The van der Waals surface area contributed by atoms with E-state index in [-0.39, 0.29) is 0 Å². The van der Waals surface area contributed by atoms with E-state index in [9.17, 15) is 4.79 Å². The number of rotatable bonds is 11. The molecule has 0 unspecified atom stereocenters. The Balaban J connectivity index is 1.64. The first-order valence-corrected chi connectivity index (χ1v) is 9.63. The van der Waals surface area contributed by atoms with Gasteiger partial charge in [0.05, 0.1) is 13.7 Å². The van der Waals surface area contributed by atoms with Gasteiger partial charge in [-0.3, -0.25) is 0 Å². The zero-order valence-electron chi connectivity index (χ0n) is 15.8. The van der Waals surface area contributed by atoms with Crippen molar-refractivity contribution in [1.29, 1.82) is 0 Å². The van der Waals surface area contributed by atoms with Gasteiger partial charge >= 0.3 is 5.97 Å². The third kappa shape index (κ3) is 7.48. The maximum absolute atomic E-state index is 10.6. The first-order valence-electron chi connectivity index (χ1n) is 9.63. The van der Waals surface area contributed by atoms with Gasteiger partial charge in [-0.1, -0.05) is 25.3 Å². The van der Waals surface area contributed by atoms with Crippen LogP contribution < -0.4 is 9.47 Å². The fraction of sp³-hybridized carbons (Fsp3) is 0.571. The Kier molecular flexibility index (Phi) is 9.04. The molecule has 1 fully saturated rings. The summed E-state index contributed by atoms with van der Waals surface area (Å²) >= 11 is 0. The van der Waals surface area contributed by atoms with E-state index in [4.69, 9.17) is 14.6 Å². The highest BCUT2D eigenvalue weighted by Crippen LogP contribution is 2.28. The molecule has 5 nitrogen and oxygen atoms in total. The number of carbonyl (C=O) groups is 1. The second-order valence-electron chi connectivity index (χ2n) is 6.75. The number of aliphatic carboxylic acids is 1. The molecule has 1 N–H and O–H groups in total. The lowest BCUT2D eigenvalue weighted by Crippen LogP contribution is -2.30. The monoisotopic (exact) mass is 361 g/mol. The Hall–Kier alpha value is -2.01. The normalized spacial score (nSPS) is 15.3. The van der Waals surface area contributed by atoms with Crippen molar-refractivity contribution in [2.24, 2.45) is 0 Å². The van der Waals surface area contributed by atoms with E-state index in [0.717, 1.165) is 18.1 Å². The van der Waals surface area contributed by atoms with Crippen LogP contribution in [0.1, 0.15) is 50.5 Å². The van der Waals surface area contributed by atoms with Crippen LogP contribution in [0.5, 0.6) is 11.5 Å². The van der Waals surface area contributed by atoms with Crippen molar-refractivity contribution in [3.8, 4) is 11.5 Å². The summed E-state index contributed by atoms with van der Waals surface area (Å²) in [5.74, 6) is 0.362. The van der Waals surface area contributed by atoms with Gasteiger partial charge in [0.15, 0.2) is 11.5 Å². The zero-order valence-corrected chi connectivity index (χ0v) is 15.8. The van der Waals surface area contributed by atoms with Crippen molar-refractivity contribution in [2.45, 2.75) is 44.9 Å². The second kappa shape index (κ2) is 11.6. The van der Waals surface area contributed by atoms with Crippen LogP contribution in [-0.4, -0.2) is 49.3 Å². The van der Waals surface area contributed by atoms with Gasteiger partial charge in [0.1, 0.15) is 0 Å². The highest BCUT2D eigenvalue weighted by atomic mass is 16.5. The Labute approximate surface area is 156 Å². The molecule has 0 atom stereocenters. The summed E-state index contributed by atoms with van der Waals surface area (Å²) in [6, 6.07) is 5.44. The number of piperidine rings is 1. The van der Waals surface area contributed by atoms with Gasteiger partial charge in [-0.25, -0.2) is 4.79 Å². The third-order valence-electron chi connectivity index (χ3n) is 4.68. The number of benzene rings is 1. The standard InChI is InChI=1S/C21H31NO4/c1-25-20-17-18(10-12-21(23)24)9-11-19(20)26-16-8-3-2-5-13-22-14-6-4-7-15-22/h9-12,17H,2-8,13-16H2,1H3,(H,23,24)/b12-10+. The van der Waals surface area contributed by atoms with Crippen LogP contribution in [0.2, 0.25) is 0 Å². The Morgan fingerprint density at radius 1 is 1.12 bits per heavy atom. The summed E-state index contributed by atoms with van der Waals surface area (Å²) < 4.78 is 11.2. The molecule has 0 amide bonds. The number of likely N-dealkylation sites (tertiary alicyclic amines) is 1. The molecule has 2 rings (SSSR count). The van der Waals surface area contributed by atoms with E-state index in [2.05, 4.69) is 4.90 Å². The topological polar surface area (TPSA) is 59.0 Å². The number of unbranched alkanes of at least 4 members (excludes halogenated alkanes) is 3. The number of carboxylic acid groups (broad SMARTS) is 1. The van der Waals surface area contributed by atoms with Gasteiger partial charge in [-0.2, -0.15) is 0 Å². The smallest absolute Gasteiger partial charge is 0.328 e. The Bertz CT molecular complexity index is 579. The van der Waals surface area contributed by atoms with Crippen molar-refractivity contribution in [2.75, 3.05) is 33.4 Å². The van der Waals surface area contributed by atoms with Gasteiger partial charge in [0, 0.05) is 6.08 Å². The molecule has 1 aromatic rings. The van der Waals surface area contributed by atoms with Crippen molar-refractivity contribution in [3.63, 3.8) is 0 Å². The zero-order chi connectivity index (χ0) is 18.6. The van der Waals surface area contributed by atoms with Crippen LogP contribution in [0, 0.1) is 0 Å². The molecule has 0 aromatic heterocycles.